The number of aliphatic hydroxyl groups is 1. The van der Waals surface area contributed by atoms with Crippen molar-refractivity contribution in [2.24, 2.45) is 0 Å². The van der Waals surface area contributed by atoms with Gasteiger partial charge >= 0.3 is 6.18 Å². The van der Waals surface area contributed by atoms with E-state index >= 15 is 0 Å². The van der Waals surface area contributed by atoms with Crippen molar-refractivity contribution in [3.63, 3.8) is 0 Å². The van der Waals surface area contributed by atoms with Crippen LogP contribution in [-0.4, -0.2) is 26.9 Å². The fourth-order valence-electron chi connectivity index (χ4n) is 2.29. The molecule has 1 atom stereocenters. The van der Waals surface area contributed by atoms with Crippen molar-refractivity contribution in [3.8, 4) is 0 Å². The zero-order valence-corrected chi connectivity index (χ0v) is 11.1. The highest BCUT2D eigenvalue weighted by molar-refractivity contribution is 6.31. The van der Waals surface area contributed by atoms with Crippen molar-refractivity contribution < 1.29 is 18.3 Å². The molecular weight excluding hydrogens is 293 g/mol. The van der Waals surface area contributed by atoms with Gasteiger partial charge in [-0.2, -0.15) is 13.2 Å². The van der Waals surface area contributed by atoms with Crippen LogP contribution in [0.1, 0.15) is 24.7 Å². The summed E-state index contributed by atoms with van der Waals surface area (Å²) >= 11 is 5.88. The van der Waals surface area contributed by atoms with Crippen molar-refractivity contribution in [3.05, 3.63) is 29.0 Å². The minimum atomic E-state index is -4.63. The maximum atomic E-state index is 12.5. The average Bonchev–Trinajstić information content (AvgIpc) is 3.10. The van der Waals surface area contributed by atoms with Gasteiger partial charge in [0.15, 0.2) is 6.10 Å². The highest BCUT2D eigenvalue weighted by atomic mass is 35.5. The Morgan fingerprint density at radius 1 is 1.40 bits per heavy atom. The van der Waals surface area contributed by atoms with Crippen molar-refractivity contribution >= 4 is 22.6 Å². The summed E-state index contributed by atoms with van der Waals surface area (Å²) in [5, 5.41) is 9.73. The van der Waals surface area contributed by atoms with E-state index in [-0.39, 0.29) is 11.9 Å². The molecular formula is C13H12ClF3N2O. The largest absolute Gasteiger partial charge is 0.414 e. The summed E-state index contributed by atoms with van der Waals surface area (Å²) in [6.07, 6.45) is -5.73. The molecule has 3 rings (SSSR count). The molecule has 0 aliphatic heterocycles. The lowest BCUT2D eigenvalue weighted by Crippen LogP contribution is -2.31. The summed E-state index contributed by atoms with van der Waals surface area (Å²) in [6, 6.07) is 5.25. The van der Waals surface area contributed by atoms with Gasteiger partial charge in [0.05, 0.1) is 11.0 Å². The molecule has 1 aromatic carbocycles. The Balaban J connectivity index is 2.03. The van der Waals surface area contributed by atoms with Crippen LogP contribution in [0.25, 0.3) is 11.0 Å². The Kier molecular flexibility index (Phi) is 3.17. The van der Waals surface area contributed by atoms with Crippen LogP contribution in [-0.2, 0) is 6.42 Å². The number of hydrogen-bond acceptors (Lipinski definition) is 2. The maximum absolute atomic E-state index is 12.5. The number of halogens is 4. The quantitative estimate of drug-likeness (QED) is 0.942. The molecule has 0 amide bonds. The van der Waals surface area contributed by atoms with Crippen molar-refractivity contribution in [1.82, 2.24) is 9.55 Å². The third-order valence-electron chi connectivity index (χ3n) is 3.39. The number of fused-ring (bicyclic) bond motifs is 1. The number of hydrogen-bond donors (Lipinski definition) is 1. The summed E-state index contributed by atoms with van der Waals surface area (Å²) in [5.41, 5.74) is 1.33. The van der Waals surface area contributed by atoms with E-state index in [9.17, 15) is 18.3 Å². The fourth-order valence-corrected chi connectivity index (χ4v) is 2.46. The smallest absolute Gasteiger partial charge is 0.383 e. The van der Waals surface area contributed by atoms with Gasteiger partial charge in [0.2, 0.25) is 0 Å². The van der Waals surface area contributed by atoms with E-state index in [0.29, 0.717) is 10.5 Å². The van der Waals surface area contributed by atoms with E-state index in [4.69, 9.17) is 11.6 Å². The first-order valence-corrected chi connectivity index (χ1v) is 6.65. The number of rotatable bonds is 3. The van der Waals surface area contributed by atoms with Gasteiger partial charge in [0.25, 0.3) is 0 Å². The Morgan fingerprint density at radius 3 is 2.70 bits per heavy atom. The molecule has 0 radical (unpaired) electrons. The van der Waals surface area contributed by atoms with Gasteiger partial charge in [-0.15, -0.1) is 0 Å². The number of imidazole rings is 1. The maximum Gasteiger partial charge on any atom is 0.414 e. The van der Waals surface area contributed by atoms with E-state index < -0.39 is 18.7 Å². The summed E-state index contributed by atoms with van der Waals surface area (Å²) in [5.74, 6) is 0.259. The van der Waals surface area contributed by atoms with Gasteiger partial charge in [-0.05, 0) is 31.0 Å². The normalized spacial score (nSPS) is 17.6. The third kappa shape index (κ3) is 2.50. The van der Waals surface area contributed by atoms with Crippen molar-refractivity contribution in [1.29, 1.82) is 0 Å². The standard InChI is InChI=1S/C13H12ClF3N2O/c14-7-1-4-10-9(5-7)18-12(19(10)8-2-3-8)6-11(20)13(15,16)17/h1,4-5,8,11,20H,2-3,6H2. The first-order chi connectivity index (χ1) is 9.36. The molecule has 0 bridgehead atoms. The average molecular weight is 305 g/mol. The molecule has 0 spiro atoms. The van der Waals surface area contributed by atoms with Gasteiger partial charge in [-0.1, -0.05) is 11.6 Å². The van der Waals surface area contributed by atoms with E-state index in [2.05, 4.69) is 4.98 Å². The second kappa shape index (κ2) is 4.63. The molecule has 1 aromatic heterocycles. The molecule has 0 saturated heterocycles. The highest BCUT2D eigenvalue weighted by Gasteiger charge is 2.40. The monoisotopic (exact) mass is 304 g/mol. The van der Waals surface area contributed by atoms with E-state index in [1.54, 1.807) is 22.8 Å². The molecule has 1 N–H and O–H groups in total. The molecule has 1 saturated carbocycles. The molecule has 2 aromatic rings. The molecule has 1 unspecified atom stereocenters. The fraction of sp³-hybridized carbons (Fsp3) is 0.462. The lowest BCUT2D eigenvalue weighted by molar-refractivity contribution is -0.203. The Hall–Kier alpha value is -1.27. The van der Waals surface area contributed by atoms with Crippen LogP contribution in [0.2, 0.25) is 5.02 Å². The van der Waals surface area contributed by atoms with Crippen LogP contribution < -0.4 is 0 Å². The van der Waals surface area contributed by atoms with E-state index in [1.165, 1.54) is 0 Å². The Bertz CT molecular complexity index is 649. The Labute approximate surface area is 118 Å². The number of alkyl halides is 3. The Morgan fingerprint density at radius 2 is 2.10 bits per heavy atom. The lowest BCUT2D eigenvalue weighted by atomic mass is 10.2. The minimum Gasteiger partial charge on any atom is -0.383 e. The number of aromatic nitrogens is 2. The zero-order chi connectivity index (χ0) is 14.5. The van der Waals surface area contributed by atoms with Gasteiger partial charge < -0.3 is 9.67 Å². The van der Waals surface area contributed by atoms with E-state index in [1.807, 2.05) is 0 Å². The molecule has 1 aliphatic carbocycles. The van der Waals surface area contributed by atoms with Gasteiger partial charge in [0, 0.05) is 17.5 Å². The van der Waals surface area contributed by atoms with Crippen LogP contribution >= 0.6 is 11.6 Å². The van der Waals surface area contributed by atoms with Crippen LogP contribution in [0.5, 0.6) is 0 Å². The predicted molar refractivity (Wildman–Crippen MR) is 68.8 cm³/mol. The summed E-state index contributed by atoms with van der Waals surface area (Å²) in [6.45, 7) is 0. The molecule has 7 heteroatoms. The topological polar surface area (TPSA) is 38.1 Å². The number of aliphatic hydroxyl groups excluding tert-OH is 1. The van der Waals surface area contributed by atoms with Crippen LogP contribution in [0.4, 0.5) is 13.2 Å². The third-order valence-corrected chi connectivity index (χ3v) is 3.63. The first-order valence-electron chi connectivity index (χ1n) is 6.27. The number of nitrogens with zero attached hydrogens (tertiary/aromatic N) is 2. The summed E-state index contributed by atoms with van der Waals surface area (Å²) < 4.78 is 39.3. The molecule has 108 valence electrons. The first kappa shape index (κ1) is 13.7. The van der Waals surface area contributed by atoms with Gasteiger partial charge in [0.1, 0.15) is 5.82 Å². The molecule has 1 fully saturated rings. The zero-order valence-electron chi connectivity index (χ0n) is 10.4. The SMILES string of the molecule is OC(Cc1nc2cc(Cl)ccc2n1C1CC1)C(F)(F)F. The summed E-state index contributed by atoms with van der Waals surface area (Å²) in [7, 11) is 0. The molecule has 20 heavy (non-hydrogen) atoms. The second-order valence-corrected chi connectivity index (χ2v) is 5.46. The van der Waals surface area contributed by atoms with Crippen LogP contribution in [0, 0.1) is 0 Å². The molecule has 3 nitrogen and oxygen atoms in total. The van der Waals surface area contributed by atoms with E-state index in [0.717, 1.165) is 18.4 Å². The van der Waals surface area contributed by atoms with Crippen molar-refractivity contribution in [2.75, 3.05) is 0 Å². The lowest BCUT2D eigenvalue weighted by Gasteiger charge is -2.15. The minimum absolute atomic E-state index is 0.177. The summed E-state index contributed by atoms with van der Waals surface area (Å²) in [4.78, 5) is 4.21. The predicted octanol–water partition coefficient (Wildman–Crippen LogP) is 3.49. The highest BCUT2D eigenvalue weighted by Crippen LogP contribution is 2.39. The molecule has 1 heterocycles. The number of benzene rings is 1. The molecule has 1 aliphatic rings. The second-order valence-electron chi connectivity index (χ2n) is 5.02. The van der Waals surface area contributed by atoms with Gasteiger partial charge in [-0.3, -0.25) is 0 Å². The van der Waals surface area contributed by atoms with Crippen LogP contribution in [0.15, 0.2) is 18.2 Å². The van der Waals surface area contributed by atoms with Gasteiger partial charge in [-0.25, -0.2) is 4.98 Å². The van der Waals surface area contributed by atoms with Crippen molar-refractivity contribution in [2.45, 2.75) is 37.6 Å². The van der Waals surface area contributed by atoms with Crippen LogP contribution in [0.3, 0.4) is 0 Å².